The van der Waals surface area contributed by atoms with Gasteiger partial charge in [-0.3, -0.25) is 14.5 Å². The molecule has 1 aliphatic heterocycles. The molecule has 5 nitrogen and oxygen atoms in total. The molecule has 1 aliphatic rings. The summed E-state index contributed by atoms with van der Waals surface area (Å²) in [5.41, 5.74) is 4.10. The fourth-order valence-electron chi connectivity index (χ4n) is 3.13. The smallest absolute Gasteiger partial charge is 0.244 e. The third-order valence-electron chi connectivity index (χ3n) is 4.40. The van der Waals surface area contributed by atoms with Crippen molar-refractivity contribution >= 4 is 47.3 Å². The molecule has 28 heavy (non-hydrogen) atoms. The summed E-state index contributed by atoms with van der Waals surface area (Å²) in [7, 11) is 0. The van der Waals surface area contributed by atoms with Crippen LogP contribution in [0.5, 0.6) is 0 Å². The number of benzene rings is 2. The van der Waals surface area contributed by atoms with Crippen molar-refractivity contribution in [2.45, 2.75) is 18.1 Å². The van der Waals surface area contributed by atoms with Crippen molar-refractivity contribution in [3.8, 4) is 11.4 Å². The highest BCUT2D eigenvalue weighted by molar-refractivity contribution is 8.19. The highest BCUT2D eigenvalue weighted by Crippen LogP contribution is 2.45. The molecule has 0 saturated carbocycles. The van der Waals surface area contributed by atoms with Crippen LogP contribution in [0.3, 0.4) is 0 Å². The first-order chi connectivity index (χ1) is 13.6. The fraction of sp³-hybridized carbons (Fsp3) is 0.250. The SMILES string of the molecule is Cc1cccc(-c2n[nH]c(=S)n2CC(=O)Nc2cccc(C3SCCS3)c2)c1. The standard InChI is InChI=1S/C20H20N4OS3/c1-13-4-2-5-14(10-13)18-22-23-20(26)24(18)12-17(25)21-16-7-3-6-15(11-16)19-27-8-9-28-19/h2-7,10-11,19H,8-9,12H2,1H3,(H,21,25)(H,23,26). The highest BCUT2D eigenvalue weighted by Gasteiger charge is 2.19. The van der Waals surface area contributed by atoms with Crippen molar-refractivity contribution in [2.24, 2.45) is 0 Å². The number of aromatic amines is 1. The number of amides is 1. The minimum atomic E-state index is -0.129. The molecule has 0 aliphatic carbocycles. The number of rotatable bonds is 5. The molecular weight excluding hydrogens is 408 g/mol. The maximum Gasteiger partial charge on any atom is 0.244 e. The molecule has 0 unspecified atom stereocenters. The summed E-state index contributed by atoms with van der Waals surface area (Å²) < 4.78 is 2.61. The van der Waals surface area contributed by atoms with Crippen molar-refractivity contribution < 1.29 is 4.79 Å². The first-order valence-electron chi connectivity index (χ1n) is 8.95. The number of thioether (sulfide) groups is 2. The number of hydrogen-bond donors (Lipinski definition) is 2. The summed E-state index contributed by atoms with van der Waals surface area (Å²) in [6, 6.07) is 16.1. The minimum Gasteiger partial charge on any atom is -0.325 e. The van der Waals surface area contributed by atoms with Gasteiger partial charge in [0.05, 0.1) is 4.58 Å². The number of anilines is 1. The van der Waals surface area contributed by atoms with Gasteiger partial charge < -0.3 is 5.32 Å². The molecule has 0 spiro atoms. The van der Waals surface area contributed by atoms with Crippen molar-refractivity contribution in [1.29, 1.82) is 0 Å². The number of carbonyl (C=O) groups excluding carboxylic acids is 1. The second-order valence-electron chi connectivity index (χ2n) is 6.56. The van der Waals surface area contributed by atoms with Gasteiger partial charge in [-0.25, -0.2) is 0 Å². The van der Waals surface area contributed by atoms with Gasteiger partial charge in [0, 0.05) is 22.8 Å². The van der Waals surface area contributed by atoms with E-state index in [4.69, 9.17) is 12.2 Å². The van der Waals surface area contributed by atoms with Crippen molar-refractivity contribution in [3.05, 3.63) is 64.4 Å². The molecular formula is C20H20N4OS3. The topological polar surface area (TPSA) is 62.7 Å². The zero-order valence-electron chi connectivity index (χ0n) is 15.3. The van der Waals surface area contributed by atoms with E-state index in [1.165, 1.54) is 17.1 Å². The normalized spacial score (nSPS) is 14.3. The average Bonchev–Trinajstić information content (AvgIpc) is 3.33. The van der Waals surface area contributed by atoms with Crippen LogP contribution in [0.2, 0.25) is 0 Å². The first-order valence-corrected chi connectivity index (χ1v) is 11.5. The van der Waals surface area contributed by atoms with E-state index >= 15 is 0 Å². The molecule has 2 aromatic carbocycles. The molecule has 0 atom stereocenters. The summed E-state index contributed by atoms with van der Waals surface area (Å²) in [5, 5.41) is 10.1. The van der Waals surface area contributed by atoms with Gasteiger partial charge in [-0.05, 0) is 42.9 Å². The monoisotopic (exact) mass is 428 g/mol. The lowest BCUT2D eigenvalue weighted by atomic mass is 10.1. The van der Waals surface area contributed by atoms with Gasteiger partial charge in [-0.1, -0.05) is 35.9 Å². The second-order valence-corrected chi connectivity index (χ2v) is 9.67. The molecule has 2 heterocycles. The predicted octanol–water partition coefficient (Wildman–Crippen LogP) is 5.03. The third-order valence-corrected chi connectivity index (χ3v) is 7.82. The number of nitrogens with zero attached hydrogens (tertiary/aromatic N) is 2. The van der Waals surface area contributed by atoms with Crippen molar-refractivity contribution in [3.63, 3.8) is 0 Å². The van der Waals surface area contributed by atoms with Gasteiger partial charge in [0.25, 0.3) is 0 Å². The molecule has 4 rings (SSSR count). The van der Waals surface area contributed by atoms with Crippen LogP contribution in [-0.2, 0) is 11.3 Å². The van der Waals surface area contributed by atoms with E-state index in [1.54, 1.807) is 4.57 Å². The predicted molar refractivity (Wildman–Crippen MR) is 120 cm³/mol. The molecule has 0 radical (unpaired) electrons. The summed E-state index contributed by atoms with van der Waals surface area (Å²) in [4.78, 5) is 12.7. The molecule has 1 aromatic heterocycles. The minimum absolute atomic E-state index is 0.107. The Kier molecular flexibility index (Phi) is 5.89. The van der Waals surface area contributed by atoms with Crippen molar-refractivity contribution in [2.75, 3.05) is 16.8 Å². The lowest BCUT2D eigenvalue weighted by molar-refractivity contribution is -0.116. The Morgan fingerprint density at radius 3 is 2.82 bits per heavy atom. The highest BCUT2D eigenvalue weighted by atomic mass is 32.2. The van der Waals surface area contributed by atoms with E-state index in [0.717, 1.165) is 16.8 Å². The number of aryl methyl sites for hydroxylation is 1. The van der Waals surface area contributed by atoms with Gasteiger partial charge in [0.1, 0.15) is 6.54 Å². The van der Waals surface area contributed by atoms with Crippen LogP contribution in [0.15, 0.2) is 48.5 Å². The van der Waals surface area contributed by atoms with Gasteiger partial charge in [0.2, 0.25) is 5.91 Å². The summed E-state index contributed by atoms with van der Waals surface area (Å²) in [5.74, 6) is 2.88. The van der Waals surface area contributed by atoms with Crippen LogP contribution < -0.4 is 5.32 Å². The van der Waals surface area contributed by atoms with Crippen LogP contribution in [0.1, 0.15) is 15.7 Å². The number of hydrogen-bond acceptors (Lipinski definition) is 5. The maximum atomic E-state index is 12.7. The Morgan fingerprint density at radius 2 is 2.04 bits per heavy atom. The Balaban J connectivity index is 1.51. The first kappa shape index (κ1) is 19.3. The molecule has 8 heteroatoms. The van der Waals surface area contributed by atoms with Crippen LogP contribution in [0.4, 0.5) is 5.69 Å². The molecule has 144 valence electrons. The quantitative estimate of drug-likeness (QED) is 0.558. The molecule has 1 fully saturated rings. The third kappa shape index (κ3) is 4.34. The largest absolute Gasteiger partial charge is 0.325 e. The summed E-state index contributed by atoms with van der Waals surface area (Å²) >= 11 is 9.24. The van der Waals surface area contributed by atoms with E-state index < -0.39 is 0 Å². The molecule has 3 aromatic rings. The zero-order chi connectivity index (χ0) is 19.5. The molecule has 1 saturated heterocycles. The van der Waals surface area contributed by atoms with Crippen molar-refractivity contribution in [1.82, 2.24) is 14.8 Å². The maximum absolute atomic E-state index is 12.7. The van der Waals surface area contributed by atoms with Crippen LogP contribution in [0.25, 0.3) is 11.4 Å². The number of aromatic nitrogens is 3. The Morgan fingerprint density at radius 1 is 1.25 bits per heavy atom. The van der Waals surface area contributed by atoms with Gasteiger partial charge in [0.15, 0.2) is 10.6 Å². The molecule has 0 bridgehead atoms. The van der Waals surface area contributed by atoms with Crippen LogP contribution in [-0.4, -0.2) is 32.2 Å². The van der Waals surface area contributed by atoms with Crippen LogP contribution in [0, 0.1) is 11.7 Å². The van der Waals surface area contributed by atoms with E-state index in [9.17, 15) is 4.79 Å². The van der Waals surface area contributed by atoms with E-state index in [0.29, 0.717) is 15.2 Å². The Labute approximate surface area is 177 Å². The van der Waals surface area contributed by atoms with Gasteiger partial charge in [-0.2, -0.15) is 5.10 Å². The Bertz CT molecular complexity index is 1050. The van der Waals surface area contributed by atoms with Gasteiger partial charge in [-0.15, -0.1) is 23.5 Å². The lowest BCUT2D eigenvalue weighted by Crippen LogP contribution is -2.19. The Hall–Kier alpha value is -2.03. The average molecular weight is 429 g/mol. The fourth-order valence-corrected chi connectivity index (χ4v) is 6.16. The second kappa shape index (κ2) is 8.55. The van der Waals surface area contributed by atoms with Crippen LogP contribution >= 0.6 is 35.7 Å². The summed E-state index contributed by atoms with van der Waals surface area (Å²) in [6.07, 6.45) is 0. The van der Waals surface area contributed by atoms with Gasteiger partial charge >= 0.3 is 0 Å². The lowest BCUT2D eigenvalue weighted by Gasteiger charge is -2.12. The zero-order valence-corrected chi connectivity index (χ0v) is 17.8. The molecule has 1 amide bonds. The summed E-state index contributed by atoms with van der Waals surface area (Å²) in [6.45, 7) is 2.13. The molecule has 2 N–H and O–H groups in total. The number of carbonyl (C=O) groups is 1. The number of H-pyrrole nitrogens is 1. The van der Waals surface area contributed by atoms with E-state index in [-0.39, 0.29) is 12.5 Å². The van der Waals surface area contributed by atoms with E-state index in [2.05, 4.69) is 27.6 Å². The number of nitrogens with one attached hydrogen (secondary N) is 2. The van der Waals surface area contributed by atoms with E-state index in [1.807, 2.05) is 66.8 Å².